The second kappa shape index (κ2) is 7.17. The van der Waals surface area contributed by atoms with Gasteiger partial charge in [0.05, 0.1) is 11.3 Å². The van der Waals surface area contributed by atoms with Crippen molar-refractivity contribution >= 4 is 23.3 Å². The molecule has 0 atom stereocenters. The summed E-state index contributed by atoms with van der Waals surface area (Å²) in [6, 6.07) is 4.77. The highest BCUT2D eigenvalue weighted by Crippen LogP contribution is 2.21. The van der Waals surface area contributed by atoms with Crippen molar-refractivity contribution in [3.63, 3.8) is 0 Å². The summed E-state index contributed by atoms with van der Waals surface area (Å²) < 4.78 is 0. The number of carboxylic acid groups (broad SMARTS) is 1. The summed E-state index contributed by atoms with van der Waals surface area (Å²) in [6.45, 7) is 2.94. The molecular weight excluding hydrogens is 238 g/mol. The predicted octanol–water partition coefficient (Wildman–Crippen LogP) is 4.03. The Kier molecular flexibility index (Phi) is 5.84. The quantitative estimate of drug-likeness (QED) is 0.723. The van der Waals surface area contributed by atoms with Crippen LogP contribution in [0.15, 0.2) is 18.2 Å². The summed E-state index contributed by atoms with van der Waals surface area (Å²) >= 11 is 5.85. The lowest BCUT2D eigenvalue weighted by Gasteiger charge is -2.09. The molecule has 3 nitrogen and oxygen atoms in total. The minimum Gasteiger partial charge on any atom is -0.478 e. The van der Waals surface area contributed by atoms with Gasteiger partial charge < -0.3 is 10.4 Å². The SMILES string of the molecule is CCCCCCNc1cc(Cl)ccc1C(=O)O. The molecule has 0 saturated heterocycles. The molecule has 0 unspecified atom stereocenters. The number of carboxylic acids is 1. The first-order valence-corrected chi connectivity index (χ1v) is 6.29. The number of hydrogen-bond acceptors (Lipinski definition) is 2. The summed E-state index contributed by atoms with van der Waals surface area (Å²) in [4.78, 5) is 11.0. The average molecular weight is 256 g/mol. The van der Waals surface area contributed by atoms with Crippen molar-refractivity contribution in [3.8, 4) is 0 Å². The summed E-state index contributed by atoms with van der Waals surface area (Å²) in [6.07, 6.45) is 4.60. The van der Waals surface area contributed by atoms with Crippen LogP contribution in [0, 0.1) is 0 Å². The van der Waals surface area contributed by atoms with Gasteiger partial charge in [0.25, 0.3) is 0 Å². The molecule has 0 amide bonds. The Bertz CT molecular complexity index is 380. The van der Waals surface area contributed by atoms with E-state index in [0.29, 0.717) is 10.7 Å². The van der Waals surface area contributed by atoms with Crippen LogP contribution in [0.2, 0.25) is 5.02 Å². The summed E-state index contributed by atoms with van der Waals surface area (Å²) in [7, 11) is 0. The Morgan fingerprint density at radius 2 is 2.12 bits per heavy atom. The number of aromatic carboxylic acids is 1. The molecule has 0 aliphatic heterocycles. The molecule has 0 bridgehead atoms. The van der Waals surface area contributed by atoms with Crippen molar-refractivity contribution in [1.82, 2.24) is 0 Å². The van der Waals surface area contributed by atoms with Crippen molar-refractivity contribution in [3.05, 3.63) is 28.8 Å². The highest BCUT2D eigenvalue weighted by atomic mass is 35.5. The van der Waals surface area contributed by atoms with Crippen LogP contribution in [0.5, 0.6) is 0 Å². The normalized spacial score (nSPS) is 10.2. The first-order valence-electron chi connectivity index (χ1n) is 5.92. The van der Waals surface area contributed by atoms with Gasteiger partial charge in [-0.2, -0.15) is 0 Å². The first-order chi connectivity index (χ1) is 8.15. The van der Waals surface area contributed by atoms with Crippen LogP contribution in [0.4, 0.5) is 5.69 Å². The highest BCUT2D eigenvalue weighted by molar-refractivity contribution is 6.31. The van der Waals surface area contributed by atoms with Crippen molar-refractivity contribution in [1.29, 1.82) is 0 Å². The summed E-state index contributed by atoms with van der Waals surface area (Å²) in [5, 5.41) is 12.7. The van der Waals surface area contributed by atoms with Gasteiger partial charge in [0.1, 0.15) is 0 Å². The molecule has 0 heterocycles. The van der Waals surface area contributed by atoms with Gasteiger partial charge in [-0.25, -0.2) is 4.79 Å². The Balaban J connectivity index is 2.56. The van der Waals surface area contributed by atoms with E-state index in [-0.39, 0.29) is 5.56 Å². The Labute approximate surface area is 107 Å². The van der Waals surface area contributed by atoms with Gasteiger partial charge in [-0.3, -0.25) is 0 Å². The van der Waals surface area contributed by atoms with E-state index in [1.807, 2.05) is 0 Å². The number of rotatable bonds is 7. The fraction of sp³-hybridized carbons (Fsp3) is 0.462. The van der Waals surface area contributed by atoms with E-state index in [1.165, 1.54) is 18.9 Å². The van der Waals surface area contributed by atoms with E-state index < -0.39 is 5.97 Å². The van der Waals surface area contributed by atoms with Crippen molar-refractivity contribution < 1.29 is 9.90 Å². The largest absolute Gasteiger partial charge is 0.478 e. The predicted molar refractivity (Wildman–Crippen MR) is 71.0 cm³/mol. The number of anilines is 1. The monoisotopic (exact) mass is 255 g/mol. The zero-order valence-electron chi connectivity index (χ0n) is 10.0. The first kappa shape index (κ1) is 13.8. The van der Waals surface area contributed by atoms with Crippen molar-refractivity contribution in [2.24, 2.45) is 0 Å². The van der Waals surface area contributed by atoms with Gasteiger partial charge in [-0.15, -0.1) is 0 Å². The zero-order chi connectivity index (χ0) is 12.7. The summed E-state index contributed by atoms with van der Waals surface area (Å²) in [5.74, 6) is -0.933. The molecule has 0 spiro atoms. The Morgan fingerprint density at radius 1 is 1.35 bits per heavy atom. The molecular formula is C13H18ClNO2. The average Bonchev–Trinajstić information content (AvgIpc) is 2.28. The molecule has 1 rings (SSSR count). The van der Waals surface area contributed by atoms with Gasteiger partial charge in [-0.1, -0.05) is 37.8 Å². The molecule has 4 heteroatoms. The van der Waals surface area contributed by atoms with E-state index in [9.17, 15) is 4.79 Å². The second-order valence-corrected chi connectivity index (χ2v) is 4.42. The Hall–Kier alpha value is -1.22. The van der Waals surface area contributed by atoms with Crippen molar-refractivity contribution in [2.75, 3.05) is 11.9 Å². The number of carbonyl (C=O) groups is 1. The van der Waals surface area contributed by atoms with Crippen LogP contribution in [0.1, 0.15) is 43.0 Å². The maximum absolute atomic E-state index is 11.0. The molecule has 0 radical (unpaired) electrons. The number of hydrogen-bond donors (Lipinski definition) is 2. The van der Waals surface area contributed by atoms with Crippen LogP contribution in [-0.4, -0.2) is 17.6 Å². The Morgan fingerprint density at radius 3 is 2.76 bits per heavy atom. The molecule has 2 N–H and O–H groups in total. The van der Waals surface area contributed by atoms with E-state index in [4.69, 9.17) is 16.7 Å². The number of unbranched alkanes of at least 4 members (excludes halogenated alkanes) is 3. The molecule has 0 saturated carbocycles. The maximum atomic E-state index is 11.0. The highest BCUT2D eigenvalue weighted by Gasteiger charge is 2.09. The molecule has 0 aliphatic rings. The number of benzene rings is 1. The fourth-order valence-electron chi connectivity index (χ4n) is 1.62. The molecule has 0 aliphatic carbocycles. The van der Waals surface area contributed by atoms with Crippen LogP contribution in [-0.2, 0) is 0 Å². The lowest BCUT2D eigenvalue weighted by molar-refractivity contribution is 0.0698. The topological polar surface area (TPSA) is 49.3 Å². The standard InChI is InChI=1S/C13H18ClNO2/c1-2-3-4-5-8-15-12-9-10(14)6-7-11(12)13(16)17/h6-7,9,15H,2-5,8H2,1H3,(H,16,17). The third kappa shape index (κ3) is 4.65. The molecule has 1 aromatic rings. The van der Waals surface area contributed by atoms with E-state index in [1.54, 1.807) is 12.1 Å². The number of halogens is 1. The minimum absolute atomic E-state index is 0.268. The molecule has 0 aromatic heterocycles. The van der Waals surface area contributed by atoms with E-state index in [0.717, 1.165) is 19.4 Å². The number of nitrogens with one attached hydrogen (secondary N) is 1. The van der Waals surface area contributed by atoms with E-state index in [2.05, 4.69) is 12.2 Å². The minimum atomic E-state index is -0.933. The molecule has 17 heavy (non-hydrogen) atoms. The van der Waals surface area contributed by atoms with Gasteiger partial charge in [0, 0.05) is 11.6 Å². The fourth-order valence-corrected chi connectivity index (χ4v) is 1.80. The van der Waals surface area contributed by atoms with E-state index >= 15 is 0 Å². The summed E-state index contributed by atoms with van der Waals surface area (Å²) in [5.41, 5.74) is 0.867. The lowest BCUT2D eigenvalue weighted by Crippen LogP contribution is -2.07. The van der Waals surface area contributed by atoms with Gasteiger partial charge in [0.2, 0.25) is 0 Å². The van der Waals surface area contributed by atoms with Crippen LogP contribution < -0.4 is 5.32 Å². The van der Waals surface area contributed by atoms with Crippen molar-refractivity contribution in [2.45, 2.75) is 32.6 Å². The second-order valence-electron chi connectivity index (χ2n) is 3.98. The van der Waals surface area contributed by atoms with Gasteiger partial charge >= 0.3 is 5.97 Å². The zero-order valence-corrected chi connectivity index (χ0v) is 10.8. The van der Waals surface area contributed by atoms with Crippen LogP contribution in [0.3, 0.4) is 0 Å². The third-order valence-corrected chi connectivity index (χ3v) is 2.79. The van der Waals surface area contributed by atoms with Crippen LogP contribution >= 0.6 is 11.6 Å². The molecule has 1 aromatic carbocycles. The van der Waals surface area contributed by atoms with Gasteiger partial charge in [0.15, 0.2) is 0 Å². The molecule has 94 valence electrons. The third-order valence-electron chi connectivity index (χ3n) is 2.56. The smallest absolute Gasteiger partial charge is 0.337 e. The maximum Gasteiger partial charge on any atom is 0.337 e. The molecule has 0 fully saturated rings. The van der Waals surface area contributed by atoms with Crippen LogP contribution in [0.25, 0.3) is 0 Å². The lowest BCUT2D eigenvalue weighted by atomic mass is 10.1. The van der Waals surface area contributed by atoms with Gasteiger partial charge in [-0.05, 0) is 24.6 Å².